The topological polar surface area (TPSA) is 117 Å². The molecule has 2 heterocycles. The van der Waals surface area contributed by atoms with Gasteiger partial charge in [-0.15, -0.1) is 0 Å². The Morgan fingerprint density at radius 2 is 1.70 bits per heavy atom. The van der Waals surface area contributed by atoms with Gasteiger partial charge in [-0.05, 0) is 30.2 Å². The van der Waals surface area contributed by atoms with Crippen molar-refractivity contribution in [3.63, 3.8) is 0 Å². The number of sulfonamides is 1. The third-order valence-electron chi connectivity index (χ3n) is 7.36. The number of rotatable bonds is 9. The van der Waals surface area contributed by atoms with Crippen molar-refractivity contribution in [2.24, 2.45) is 0 Å². The molecule has 0 radical (unpaired) electrons. The van der Waals surface area contributed by atoms with Crippen molar-refractivity contribution < 1.29 is 27.5 Å². The first-order chi connectivity index (χ1) is 20.5. The Morgan fingerprint density at radius 3 is 2.40 bits per heavy atom. The van der Waals surface area contributed by atoms with Crippen LogP contribution in [-0.2, 0) is 24.3 Å². The average molecular weight is 648 g/mol. The maximum absolute atomic E-state index is 13.7. The van der Waals surface area contributed by atoms with E-state index < -0.39 is 22.1 Å². The molecule has 2 unspecified atom stereocenters. The average Bonchev–Trinajstić information content (AvgIpc) is 2.97. The summed E-state index contributed by atoms with van der Waals surface area (Å²) in [7, 11) is -3.47. The highest BCUT2D eigenvalue weighted by atomic mass is 35.5. The third-order valence-corrected chi connectivity index (χ3v) is 8.67. The second kappa shape index (κ2) is 13.1. The number of fused-ring (bicyclic) bond motifs is 1. The molecule has 2 aliphatic rings. The van der Waals surface area contributed by atoms with Crippen molar-refractivity contribution in [2.45, 2.75) is 19.0 Å². The maximum atomic E-state index is 13.7. The first-order valence-electron chi connectivity index (χ1n) is 13.7. The van der Waals surface area contributed by atoms with Crippen molar-refractivity contribution in [1.82, 2.24) is 10.2 Å². The van der Waals surface area contributed by atoms with Crippen LogP contribution in [0, 0.1) is 0 Å². The lowest BCUT2D eigenvalue weighted by atomic mass is 9.99. The largest absolute Gasteiger partial charge is 0.482 e. The standard InChI is InChI=1S/C30H32Cl2N4O6S/c1-19(36-27-15-23(31)24(32)16-28(27)42-18-29(36)37)30(38)33-26(17-35-11-13-41-14-12-35)21-9-7-20(8-10-21)22-5-3-4-6-25(22)34-43(2,39)40/h3-10,15-16,19,26,34H,11-14,17-18H2,1-2H3,(H,33,38). The van der Waals surface area contributed by atoms with Crippen molar-refractivity contribution in [1.29, 1.82) is 0 Å². The minimum Gasteiger partial charge on any atom is -0.482 e. The summed E-state index contributed by atoms with van der Waals surface area (Å²) in [5, 5.41) is 3.68. The molecule has 2 aliphatic heterocycles. The lowest BCUT2D eigenvalue weighted by molar-refractivity contribution is -0.128. The van der Waals surface area contributed by atoms with Crippen LogP contribution in [0.3, 0.4) is 0 Å². The first-order valence-corrected chi connectivity index (χ1v) is 16.4. The lowest BCUT2D eigenvalue weighted by Crippen LogP contribution is -2.53. The quantitative estimate of drug-likeness (QED) is 0.355. The summed E-state index contributed by atoms with van der Waals surface area (Å²) in [6.07, 6.45) is 1.11. The zero-order valence-corrected chi connectivity index (χ0v) is 26.0. The molecule has 10 nitrogen and oxygen atoms in total. The first kappa shape index (κ1) is 31.1. The summed E-state index contributed by atoms with van der Waals surface area (Å²) in [6.45, 7) is 4.61. The van der Waals surface area contributed by atoms with Gasteiger partial charge in [-0.1, -0.05) is 65.7 Å². The molecule has 2 N–H and O–H groups in total. The molecule has 13 heteroatoms. The third kappa shape index (κ3) is 7.42. The Balaban J connectivity index is 1.41. The molecule has 0 bridgehead atoms. The Labute approximate surface area is 260 Å². The van der Waals surface area contributed by atoms with E-state index in [1.165, 1.54) is 17.0 Å². The molecule has 228 valence electrons. The van der Waals surface area contributed by atoms with Gasteiger partial charge in [-0.3, -0.25) is 24.1 Å². The van der Waals surface area contributed by atoms with E-state index in [2.05, 4.69) is 14.9 Å². The van der Waals surface area contributed by atoms with Gasteiger partial charge in [0.25, 0.3) is 5.91 Å². The molecule has 0 aliphatic carbocycles. The molecule has 43 heavy (non-hydrogen) atoms. The minimum atomic E-state index is -3.47. The van der Waals surface area contributed by atoms with Gasteiger partial charge in [0.1, 0.15) is 11.8 Å². The summed E-state index contributed by atoms with van der Waals surface area (Å²) >= 11 is 12.4. The lowest BCUT2D eigenvalue weighted by Gasteiger charge is -2.35. The molecule has 3 aromatic rings. The second-order valence-electron chi connectivity index (χ2n) is 10.5. The number of halogens is 2. The van der Waals surface area contributed by atoms with Gasteiger partial charge in [-0.25, -0.2) is 8.42 Å². The predicted molar refractivity (Wildman–Crippen MR) is 167 cm³/mol. The number of benzene rings is 3. The molecule has 1 saturated heterocycles. The molecular formula is C30H32Cl2N4O6S. The van der Waals surface area contributed by atoms with Crippen LogP contribution in [-0.4, -0.2) is 76.9 Å². The monoisotopic (exact) mass is 646 g/mol. The summed E-state index contributed by atoms with van der Waals surface area (Å²) in [6, 6.07) is 16.6. The van der Waals surface area contributed by atoms with E-state index >= 15 is 0 Å². The van der Waals surface area contributed by atoms with Crippen LogP contribution in [0.4, 0.5) is 11.4 Å². The molecule has 0 aromatic heterocycles. The van der Waals surface area contributed by atoms with Crippen molar-refractivity contribution >= 4 is 56.4 Å². The fourth-order valence-electron chi connectivity index (χ4n) is 5.19. The summed E-state index contributed by atoms with van der Waals surface area (Å²) in [4.78, 5) is 30.3. The SMILES string of the molecule is CC(C(=O)NC(CN1CCOCC1)c1ccc(-c2ccccc2NS(C)(=O)=O)cc1)N1C(=O)COc2cc(Cl)c(Cl)cc21. The van der Waals surface area contributed by atoms with E-state index in [4.69, 9.17) is 32.7 Å². The number of ether oxygens (including phenoxy) is 2. The number of carbonyl (C=O) groups is 2. The number of morpholine rings is 1. The van der Waals surface area contributed by atoms with Gasteiger partial charge in [-0.2, -0.15) is 0 Å². The number of amides is 2. The highest BCUT2D eigenvalue weighted by Crippen LogP contribution is 2.40. The van der Waals surface area contributed by atoms with E-state index in [1.807, 2.05) is 36.4 Å². The van der Waals surface area contributed by atoms with E-state index in [9.17, 15) is 18.0 Å². The second-order valence-corrected chi connectivity index (χ2v) is 13.0. The van der Waals surface area contributed by atoms with Gasteiger partial charge in [0.05, 0.1) is 46.9 Å². The molecule has 1 fully saturated rings. The predicted octanol–water partition coefficient (Wildman–Crippen LogP) is 4.34. The van der Waals surface area contributed by atoms with Gasteiger partial charge in [0, 0.05) is 31.3 Å². The van der Waals surface area contributed by atoms with Gasteiger partial charge in [0.15, 0.2) is 6.61 Å². The van der Waals surface area contributed by atoms with Crippen LogP contribution < -0.4 is 19.7 Å². The van der Waals surface area contributed by atoms with Crippen molar-refractivity contribution in [3.05, 3.63) is 76.3 Å². The van der Waals surface area contributed by atoms with Crippen LogP contribution in [0.5, 0.6) is 5.75 Å². The maximum Gasteiger partial charge on any atom is 0.265 e. The number of nitrogens with zero attached hydrogens (tertiary/aromatic N) is 2. The summed E-state index contributed by atoms with van der Waals surface area (Å²) in [5.41, 5.74) is 3.25. The normalized spacial score (nSPS) is 17.0. The van der Waals surface area contributed by atoms with Crippen molar-refractivity contribution in [2.75, 3.05) is 55.3 Å². The molecule has 0 saturated carbocycles. The van der Waals surface area contributed by atoms with Crippen LogP contribution in [0.25, 0.3) is 11.1 Å². The Kier molecular flexibility index (Phi) is 9.48. The highest BCUT2D eigenvalue weighted by Gasteiger charge is 2.35. The van der Waals surface area contributed by atoms with E-state index in [-0.39, 0.29) is 28.5 Å². The van der Waals surface area contributed by atoms with Gasteiger partial charge < -0.3 is 14.8 Å². The number of para-hydroxylation sites is 1. The van der Waals surface area contributed by atoms with Crippen molar-refractivity contribution in [3.8, 4) is 16.9 Å². The molecule has 0 spiro atoms. The summed E-state index contributed by atoms with van der Waals surface area (Å²) in [5.74, 6) is -0.346. The Hall–Kier alpha value is -3.35. The Morgan fingerprint density at radius 1 is 1.02 bits per heavy atom. The van der Waals surface area contributed by atoms with E-state index in [0.717, 1.165) is 36.0 Å². The van der Waals surface area contributed by atoms with Gasteiger partial charge >= 0.3 is 0 Å². The fraction of sp³-hybridized carbons (Fsp3) is 0.333. The molecular weight excluding hydrogens is 615 g/mol. The molecule has 3 aromatic carbocycles. The van der Waals surface area contributed by atoms with Gasteiger partial charge in [0.2, 0.25) is 15.9 Å². The number of nitrogens with one attached hydrogen (secondary N) is 2. The smallest absolute Gasteiger partial charge is 0.265 e. The van der Waals surface area contributed by atoms with E-state index in [0.29, 0.717) is 36.9 Å². The minimum absolute atomic E-state index is 0.225. The highest BCUT2D eigenvalue weighted by molar-refractivity contribution is 7.92. The number of hydrogen-bond acceptors (Lipinski definition) is 7. The zero-order valence-electron chi connectivity index (χ0n) is 23.7. The number of anilines is 2. The van der Waals surface area contributed by atoms with Crippen LogP contribution in [0.15, 0.2) is 60.7 Å². The number of hydrogen-bond donors (Lipinski definition) is 2. The summed E-state index contributed by atoms with van der Waals surface area (Å²) < 4.78 is 37.4. The molecule has 2 amide bonds. The van der Waals surface area contributed by atoms with Crippen LogP contribution >= 0.6 is 23.2 Å². The fourth-order valence-corrected chi connectivity index (χ4v) is 6.08. The van der Waals surface area contributed by atoms with E-state index in [1.54, 1.807) is 19.1 Å². The van der Waals surface area contributed by atoms with Crippen LogP contribution in [0.2, 0.25) is 10.0 Å². The zero-order chi connectivity index (χ0) is 30.7. The Bertz CT molecular complexity index is 1610. The number of carbonyl (C=O) groups excluding carboxylic acids is 2. The molecule has 2 atom stereocenters. The molecule has 5 rings (SSSR count). The van der Waals surface area contributed by atoms with Crippen LogP contribution in [0.1, 0.15) is 18.5 Å².